The lowest BCUT2D eigenvalue weighted by Gasteiger charge is -2.28. The summed E-state index contributed by atoms with van der Waals surface area (Å²) in [7, 11) is 0. The van der Waals surface area contributed by atoms with Gasteiger partial charge in [0.25, 0.3) is 11.8 Å². The summed E-state index contributed by atoms with van der Waals surface area (Å²) in [4.78, 5) is 57.8. The number of hydrogen-bond acceptors (Lipinski definition) is 5. The molecule has 2 aromatic carbocycles. The van der Waals surface area contributed by atoms with Crippen molar-refractivity contribution in [3.05, 3.63) is 89.7 Å². The summed E-state index contributed by atoms with van der Waals surface area (Å²) in [5.74, 6) is -1.42. The van der Waals surface area contributed by atoms with E-state index in [2.05, 4.69) is 10.3 Å². The molecule has 0 radical (unpaired) electrons. The Morgan fingerprint density at radius 1 is 1.09 bits per heavy atom. The summed E-state index contributed by atoms with van der Waals surface area (Å²) >= 11 is 0. The number of pyridine rings is 1. The molecule has 1 fully saturated rings. The number of hydrogen-bond donors (Lipinski definition) is 1. The highest BCUT2D eigenvalue weighted by Gasteiger charge is 2.44. The van der Waals surface area contributed by atoms with E-state index in [1.165, 1.54) is 11.8 Å². The first-order valence-corrected chi connectivity index (χ1v) is 10.8. The smallest absolute Gasteiger partial charge is 0.257 e. The molecule has 1 aliphatic heterocycles. The van der Waals surface area contributed by atoms with Crippen LogP contribution in [0.2, 0.25) is 0 Å². The zero-order valence-corrected chi connectivity index (χ0v) is 18.9. The Labute approximate surface area is 197 Å². The number of carbonyl (C=O) groups excluding carboxylic acids is 4. The molecule has 2 heterocycles. The van der Waals surface area contributed by atoms with Crippen molar-refractivity contribution in [2.24, 2.45) is 0 Å². The summed E-state index contributed by atoms with van der Waals surface area (Å²) in [6.45, 7) is 3.42. The summed E-state index contributed by atoms with van der Waals surface area (Å²) in [5.41, 5.74) is 3.06. The fourth-order valence-corrected chi connectivity index (χ4v) is 3.98. The third-order valence-corrected chi connectivity index (χ3v) is 5.55. The standard InChI is InChI=1S/C26H24N4O4/c1-17-5-3-7-20(13-17)25(33)29(16-19-6-4-12-27-15-19)23-14-24(32)30(26(23)34)22-10-8-21(9-11-22)28-18(2)31/h3-13,15,23H,14,16H2,1-2H3,(H,28,31). The van der Waals surface area contributed by atoms with E-state index in [0.29, 0.717) is 16.9 Å². The lowest BCUT2D eigenvalue weighted by Crippen LogP contribution is -2.45. The predicted octanol–water partition coefficient (Wildman–Crippen LogP) is 3.32. The van der Waals surface area contributed by atoms with Crippen LogP contribution in [0.4, 0.5) is 11.4 Å². The third-order valence-electron chi connectivity index (χ3n) is 5.55. The van der Waals surface area contributed by atoms with Crippen LogP contribution >= 0.6 is 0 Å². The number of rotatable bonds is 6. The van der Waals surface area contributed by atoms with E-state index in [4.69, 9.17) is 0 Å². The first kappa shape index (κ1) is 22.8. The molecule has 172 valence electrons. The zero-order valence-electron chi connectivity index (χ0n) is 18.9. The molecule has 4 rings (SSSR count). The number of nitrogens with one attached hydrogen (secondary N) is 1. The minimum atomic E-state index is -0.948. The highest BCUT2D eigenvalue weighted by molar-refractivity contribution is 6.23. The van der Waals surface area contributed by atoms with Gasteiger partial charge in [0.15, 0.2) is 0 Å². The van der Waals surface area contributed by atoms with Crippen molar-refractivity contribution < 1.29 is 19.2 Å². The van der Waals surface area contributed by atoms with Crippen molar-refractivity contribution >= 4 is 35.0 Å². The molecule has 0 spiro atoms. The second-order valence-electron chi connectivity index (χ2n) is 8.18. The molecule has 34 heavy (non-hydrogen) atoms. The summed E-state index contributed by atoms with van der Waals surface area (Å²) in [5, 5.41) is 2.65. The van der Waals surface area contributed by atoms with Gasteiger partial charge in [-0.2, -0.15) is 0 Å². The Kier molecular flexibility index (Phi) is 6.49. The Bertz CT molecular complexity index is 1240. The van der Waals surface area contributed by atoms with E-state index in [1.807, 2.05) is 19.1 Å². The largest absolute Gasteiger partial charge is 0.326 e. The average molecular weight is 457 g/mol. The highest BCUT2D eigenvalue weighted by atomic mass is 16.2. The number of amides is 4. The van der Waals surface area contributed by atoms with Gasteiger partial charge in [-0.1, -0.05) is 23.8 Å². The summed E-state index contributed by atoms with van der Waals surface area (Å²) < 4.78 is 0. The Hall–Kier alpha value is -4.33. The Morgan fingerprint density at radius 2 is 1.85 bits per heavy atom. The number of carbonyl (C=O) groups is 4. The molecule has 0 saturated carbocycles. The van der Waals surface area contributed by atoms with E-state index >= 15 is 0 Å². The molecule has 1 atom stereocenters. The van der Waals surface area contributed by atoms with Crippen LogP contribution < -0.4 is 10.2 Å². The minimum absolute atomic E-state index is 0.121. The van der Waals surface area contributed by atoms with Gasteiger partial charge in [-0.3, -0.25) is 24.2 Å². The van der Waals surface area contributed by atoms with Crippen LogP contribution in [0.1, 0.15) is 34.8 Å². The van der Waals surface area contributed by atoms with Crippen molar-refractivity contribution in [1.82, 2.24) is 9.88 Å². The normalized spacial score (nSPS) is 15.4. The molecule has 3 aromatic rings. The number of benzene rings is 2. The van der Waals surface area contributed by atoms with Crippen LogP contribution in [0.3, 0.4) is 0 Å². The monoisotopic (exact) mass is 456 g/mol. The Morgan fingerprint density at radius 3 is 2.50 bits per heavy atom. The van der Waals surface area contributed by atoms with Crippen LogP contribution in [-0.4, -0.2) is 39.6 Å². The summed E-state index contributed by atoms with van der Waals surface area (Å²) in [6.07, 6.45) is 3.15. The highest BCUT2D eigenvalue weighted by Crippen LogP contribution is 2.29. The van der Waals surface area contributed by atoms with E-state index in [1.54, 1.807) is 60.9 Å². The van der Waals surface area contributed by atoms with Gasteiger partial charge in [0.2, 0.25) is 11.8 Å². The molecule has 0 aliphatic carbocycles. The molecule has 8 heteroatoms. The number of aryl methyl sites for hydroxylation is 1. The molecule has 1 aliphatic rings. The van der Waals surface area contributed by atoms with E-state index in [9.17, 15) is 19.2 Å². The quantitative estimate of drug-likeness (QED) is 0.574. The number of imide groups is 1. The minimum Gasteiger partial charge on any atom is -0.326 e. The SMILES string of the molecule is CC(=O)Nc1ccc(N2C(=O)CC(N(Cc3cccnc3)C(=O)c3cccc(C)c3)C2=O)cc1. The lowest BCUT2D eigenvalue weighted by molar-refractivity contribution is -0.122. The summed E-state index contributed by atoms with van der Waals surface area (Å²) in [6, 6.07) is 16.2. The maximum Gasteiger partial charge on any atom is 0.257 e. The van der Waals surface area contributed by atoms with Gasteiger partial charge in [0.05, 0.1) is 12.1 Å². The molecule has 1 saturated heterocycles. The van der Waals surface area contributed by atoms with Crippen molar-refractivity contribution in [2.75, 3.05) is 10.2 Å². The van der Waals surface area contributed by atoms with Crippen molar-refractivity contribution in [3.8, 4) is 0 Å². The second kappa shape index (κ2) is 9.66. The fraction of sp³-hybridized carbons (Fsp3) is 0.192. The fourth-order valence-electron chi connectivity index (χ4n) is 3.98. The van der Waals surface area contributed by atoms with Crippen LogP contribution in [0, 0.1) is 6.92 Å². The van der Waals surface area contributed by atoms with Gasteiger partial charge in [-0.25, -0.2) is 4.90 Å². The maximum absolute atomic E-state index is 13.5. The topological polar surface area (TPSA) is 99.7 Å². The van der Waals surface area contributed by atoms with Gasteiger partial charge < -0.3 is 10.2 Å². The molecular formula is C26H24N4O4. The predicted molar refractivity (Wildman–Crippen MR) is 127 cm³/mol. The van der Waals surface area contributed by atoms with Crippen molar-refractivity contribution in [1.29, 1.82) is 0 Å². The molecule has 0 bridgehead atoms. The number of anilines is 2. The molecular weight excluding hydrogens is 432 g/mol. The molecule has 1 N–H and O–H groups in total. The van der Waals surface area contributed by atoms with Crippen molar-refractivity contribution in [2.45, 2.75) is 32.9 Å². The van der Waals surface area contributed by atoms with Gasteiger partial charge in [-0.05, 0) is 55.0 Å². The second-order valence-corrected chi connectivity index (χ2v) is 8.18. The van der Waals surface area contributed by atoms with Crippen LogP contribution in [0.5, 0.6) is 0 Å². The molecule has 1 aromatic heterocycles. The molecule has 8 nitrogen and oxygen atoms in total. The van der Waals surface area contributed by atoms with Gasteiger partial charge in [0.1, 0.15) is 6.04 Å². The number of nitrogens with zero attached hydrogens (tertiary/aromatic N) is 3. The average Bonchev–Trinajstić information content (AvgIpc) is 3.11. The molecule has 4 amide bonds. The van der Waals surface area contributed by atoms with E-state index in [-0.39, 0.29) is 24.8 Å². The van der Waals surface area contributed by atoms with Crippen LogP contribution in [-0.2, 0) is 20.9 Å². The lowest BCUT2D eigenvalue weighted by atomic mass is 10.1. The van der Waals surface area contributed by atoms with Gasteiger partial charge >= 0.3 is 0 Å². The van der Waals surface area contributed by atoms with Gasteiger partial charge in [0, 0.05) is 37.1 Å². The maximum atomic E-state index is 13.5. The third kappa shape index (κ3) is 4.85. The first-order chi connectivity index (χ1) is 16.3. The number of aromatic nitrogens is 1. The van der Waals surface area contributed by atoms with Gasteiger partial charge in [-0.15, -0.1) is 0 Å². The Balaban J connectivity index is 1.64. The van der Waals surface area contributed by atoms with E-state index in [0.717, 1.165) is 16.0 Å². The van der Waals surface area contributed by atoms with Crippen molar-refractivity contribution in [3.63, 3.8) is 0 Å². The van der Waals surface area contributed by atoms with Crippen LogP contribution in [0.15, 0.2) is 73.1 Å². The zero-order chi connectivity index (χ0) is 24.2. The van der Waals surface area contributed by atoms with E-state index < -0.39 is 17.9 Å². The first-order valence-electron chi connectivity index (χ1n) is 10.8. The molecule has 1 unspecified atom stereocenters. The van der Waals surface area contributed by atoms with Crippen LogP contribution in [0.25, 0.3) is 0 Å².